The molecule has 120 valence electrons. The normalized spacial score (nSPS) is 10.2. The number of amides is 1. The van der Waals surface area contributed by atoms with E-state index in [1.165, 1.54) is 0 Å². The van der Waals surface area contributed by atoms with Crippen LogP contribution in [0.2, 0.25) is 0 Å². The second-order valence-corrected chi connectivity index (χ2v) is 5.75. The van der Waals surface area contributed by atoms with E-state index in [4.69, 9.17) is 0 Å². The van der Waals surface area contributed by atoms with E-state index in [0.717, 1.165) is 17.1 Å². The van der Waals surface area contributed by atoms with E-state index < -0.39 is 0 Å². The van der Waals surface area contributed by atoms with Crippen molar-refractivity contribution in [1.82, 2.24) is 0 Å². The predicted molar refractivity (Wildman–Crippen MR) is 100 cm³/mol. The number of carbonyl (C=O) groups is 1. The average Bonchev–Trinajstić information content (AvgIpc) is 2.64. The second kappa shape index (κ2) is 7.01. The number of benzene rings is 3. The third-order valence-corrected chi connectivity index (χ3v) is 3.86. The molecule has 0 fully saturated rings. The van der Waals surface area contributed by atoms with Crippen LogP contribution < -0.4 is 9.80 Å². The minimum atomic E-state index is -0.0438. The van der Waals surface area contributed by atoms with Crippen LogP contribution in [-0.2, 0) is 0 Å². The molecular formula is C21H20N2O. The lowest BCUT2D eigenvalue weighted by Gasteiger charge is -2.23. The van der Waals surface area contributed by atoms with Crippen LogP contribution in [0.3, 0.4) is 0 Å². The lowest BCUT2D eigenvalue weighted by atomic mass is 10.1. The van der Waals surface area contributed by atoms with Gasteiger partial charge in [0.15, 0.2) is 0 Å². The summed E-state index contributed by atoms with van der Waals surface area (Å²) in [7, 11) is 3.97. The molecule has 0 N–H and O–H groups in total. The van der Waals surface area contributed by atoms with E-state index in [1.54, 1.807) is 4.90 Å². The Kier molecular flexibility index (Phi) is 4.62. The molecule has 0 radical (unpaired) electrons. The van der Waals surface area contributed by atoms with Crippen molar-refractivity contribution in [2.45, 2.75) is 0 Å². The van der Waals surface area contributed by atoms with Crippen LogP contribution >= 0.6 is 0 Å². The van der Waals surface area contributed by atoms with Crippen molar-refractivity contribution in [3.8, 4) is 0 Å². The Hall–Kier alpha value is -3.07. The highest BCUT2D eigenvalue weighted by molar-refractivity contribution is 6.11. The van der Waals surface area contributed by atoms with Gasteiger partial charge in [-0.25, -0.2) is 0 Å². The van der Waals surface area contributed by atoms with E-state index in [9.17, 15) is 4.79 Å². The molecule has 0 aliphatic heterocycles. The minimum Gasteiger partial charge on any atom is -0.378 e. The third kappa shape index (κ3) is 3.30. The van der Waals surface area contributed by atoms with E-state index in [0.29, 0.717) is 5.56 Å². The summed E-state index contributed by atoms with van der Waals surface area (Å²) >= 11 is 0. The first-order valence-electron chi connectivity index (χ1n) is 7.89. The zero-order valence-corrected chi connectivity index (χ0v) is 13.9. The Labute approximate surface area is 142 Å². The van der Waals surface area contributed by atoms with Gasteiger partial charge < -0.3 is 4.90 Å². The molecule has 3 heteroatoms. The zero-order chi connectivity index (χ0) is 16.9. The molecule has 0 unspecified atom stereocenters. The number of nitrogens with zero attached hydrogens (tertiary/aromatic N) is 2. The van der Waals surface area contributed by atoms with Gasteiger partial charge in [0.25, 0.3) is 5.91 Å². The van der Waals surface area contributed by atoms with Gasteiger partial charge in [-0.1, -0.05) is 36.4 Å². The molecule has 3 nitrogen and oxygen atoms in total. The standard InChI is InChI=1S/C21H20N2O/c1-22(2)18-15-13-17(14-16-18)21(24)23(19-9-5-3-6-10-19)20-11-7-4-8-12-20/h3-16H,1-2H3. The van der Waals surface area contributed by atoms with E-state index in [-0.39, 0.29) is 5.91 Å². The fourth-order valence-electron chi connectivity index (χ4n) is 2.57. The minimum absolute atomic E-state index is 0.0438. The lowest BCUT2D eigenvalue weighted by Crippen LogP contribution is -2.25. The topological polar surface area (TPSA) is 23.6 Å². The van der Waals surface area contributed by atoms with E-state index in [2.05, 4.69) is 0 Å². The molecule has 1 amide bonds. The fourth-order valence-corrected chi connectivity index (χ4v) is 2.57. The molecule has 0 spiro atoms. The van der Waals surface area contributed by atoms with Crippen LogP contribution in [0.1, 0.15) is 10.4 Å². The smallest absolute Gasteiger partial charge is 0.262 e. The Bertz CT molecular complexity index is 757. The van der Waals surface area contributed by atoms with Crippen LogP contribution in [-0.4, -0.2) is 20.0 Å². The van der Waals surface area contributed by atoms with Gasteiger partial charge in [-0.2, -0.15) is 0 Å². The van der Waals surface area contributed by atoms with Gasteiger partial charge in [0.2, 0.25) is 0 Å². The lowest BCUT2D eigenvalue weighted by molar-refractivity contribution is 0.0999. The van der Waals surface area contributed by atoms with Gasteiger partial charge >= 0.3 is 0 Å². The summed E-state index contributed by atoms with van der Waals surface area (Å²) in [5, 5.41) is 0. The van der Waals surface area contributed by atoms with Gasteiger partial charge in [-0.3, -0.25) is 9.69 Å². The van der Waals surface area contributed by atoms with Crippen molar-refractivity contribution in [1.29, 1.82) is 0 Å². The number of hydrogen-bond acceptors (Lipinski definition) is 2. The summed E-state index contributed by atoms with van der Waals surface area (Å²) in [5.41, 5.74) is 3.43. The Balaban J connectivity index is 2.01. The number of carbonyl (C=O) groups excluding carboxylic acids is 1. The molecule has 0 atom stereocenters. The Morgan fingerprint density at radius 3 is 1.50 bits per heavy atom. The highest BCUT2D eigenvalue weighted by Crippen LogP contribution is 2.27. The number of anilines is 3. The Morgan fingerprint density at radius 1 is 0.625 bits per heavy atom. The van der Waals surface area contributed by atoms with Gasteiger partial charge in [0, 0.05) is 36.7 Å². The molecule has 3 aromatic rings. The molecule has 0 aliphatic rings. The van der Waals surface area contributed by atoms with Crippen LogP contribution in [0.25, 0.3) is 0 Å². The van der Waals surface area contributed by atoms with Crippen LogP contribution in [0.4, 0.5) is 17.1 Å². The number of rotatable bonds is 4. The van der Waals surface area contributed by atoms with E-state index in [1.807, 2.05) is 104 Å². The molecular weight excluding hydrogens is 296 g/mol. The van der Waals surface area contributed by atoms with Crippen molar-refractivity contribution in [3.05, 3.63) is 90.5 Å². The van der Waals surface area contributed by atoms with E-state index >= 15 is 0 Å². The highest BCUT2D eigenvalue weighted by atomic mass is 16.2. The highest BCUT2D eigenvalue weighted by Gasteiger charge is 2.19. The first-order chi connectivity index (χ1) is 11.7. The molecule has 24 heavy (non-hydrogen) atoms. The van der Waals surface area contributed by atoms with Crippen molar-refractivity contribution in [3.63, 3.8) is 0 Å². The Morgan fingerprint density at radius 2 is 1.08 bits per heavy atom. The van der Waals surface area contributed by atoms with Gasteiger partial charge in [-0.15, -0.1) is 0 Å². The zero-order valence-electron chi connectivity index (χ0n) is 13.9. The summed E-state index contributed by atoms with van der Waals surface area (Å²) in [5.74, 6) is -0.0438. The number of hydrogen-bond donors (Lipinski definition) is 0. The summed E-state index contributed by atoms with van der Waals surface area (Å²) in [6, 6.07) is 27.1. The van der Waals surface area contributed by atoms with Crippen LogP contribution in [0.5, 0.6) is 0 Å². The summed E-state index contributed by atoms with van der Waals surface area (Å²) in [6.45, 7) is 0. The molecule has 0 heterocycles. The summed E-state index contributed by atoms with van der Waals surface area (Å²) in [4.78, 5) is 16.9. The first-order valence-corrected chi connectivity index (χ1v) is 7.89. The average molecular weight is 316 g/mol. The maximum Gasteiger partial charge on any atom is 0.262 e. The van der Waals surface area contributed by atoms with Gasteiger partial charge in [-0.05, 0) is 48.5 Å². The van der Waals surface area contributed by atoms with Crippen LogP contribution in [0, 0.1) is 0 Å². The molecule has 0 saturated carbocycles. The summed E-state index contributed by atoms with van der Waals surface area (Å²) < 4.78 is 0. The van der Waals surface area contributed by atoms with Crippen LogP contribution in [0.15, 0.2) is 84.9 Å². The first kappa shape index (κ1) is 15.8. The monoisotopic (exact) mass is 316 g/mol. The van der Waals surface area contributed by atoms with Gasteiger partial charge in [0.05, 0.1) is 0 Å². The van der Waals surface area contributed by atoms with Crippen molar-refractivity contribution < 1.29 is 4.79 Å². The molecule has 3 aromatic carbocycles. The predicted octanol–water partition coefficient (Wildman–Crippen LogP) is 4.73. The summed E-state index contributed by atoms with van der Waals surface area (Å²) in [6.07, 6.45) is 0. The van der Waals surface area contributed by atoms with Crippen molar-refractivity contribution in [2.75, 3.05) is 23.9 Å². The van der Waals surface area contributed by atoms with Crippen molar-refractivity contribution >= 4 is 23.0 Å². The molecule has 0 aliphatic carbocycles. The quantitative estimate of drug-likeness (QED) is 0.694. The maximum atomic E-state index is 13.1. The molecule has 0 aromatic heterocycles. The fraction of sp³-hybridized carbons (Fsp3) is 0.0952. The molecule has 3 rings (SSSR count). The largest absolute Gasteiger partial charge is 0.378 e. The maximum absolute atomic E-state index is 13.1. The third-order valence-electron chi connectivity index (χ3n) is 3.86. The SMILES string of the molecule is CN(C)c1ccc(C(=O)N(c2ccccc2)c2ccccc2)cc1. The van der Waals surface area contributed by atoms with Gasteiger partial charge in [0.1, 0.15) is 0 Å². The molecule has 0 bridgehead atoms. The number of para-hydroxylation sites is 2. The molecule has 0 saturated heterocycles. The second-order valence-electron chi connectivity index (χ2n) is 5.75. The van der Waals surface area contributed by atoms with Crippen molar-refractivity contribution in [2.24, 2.45) is 0 Å².